The predicted octanol–water partition coefficient (Wildman–Crippen LogP) is 3.58. The van der Waals surface area contributed by atoms with Crippen molar-refractivity contribution in [2.45, 2.75) is 38.6 Å². The zero-order valence-corrected chi connectivity index (χ0v) is 18.0. The minimum atomic E-state index is 0. The summed E-state index contributed by atoms with van der Waals surface area (Å²) >= 11 is 0. The Bertz CT molecular complexity index is 636. The van der Waals surface area contributed by atoms with E-state index < -0.39 is 0 Å². The van der Waals surface area contributed by atoms with E-state index in [1.165, 1.54) is 37.1 Å². The average molecular weight is 414 g/mol. The molecule has 0 saturated carbocycles. The number of halogens is 2. The minimum Gasteiger partial charge on any atom is -0.371 e. The van der Waals surface area contributed by atoms with E-state index in [0.717, 1.165) is 32.0 Å². The highest BCUT2D eigenvalue weighted by molar-refractivity contribution is 5.85. The number of benzene rings is 1. The van der Waals surface area contributed by atoms with Gasteiger partial charge >= 0.3 is 0 Å². The standard InChI is InChI=1S/C20H31N5.2ClH/c1-17-22-13-16-25(17)20-7-5-19(6-8-20)24-14-9-18(10-15-24)23-12-4-3-11-21-2;;/h5-8,13,16,18,21,23H,3-4,9-12,14-15H2,1-2H3;2*1H. The molecule has 7 heteroatoms. The van der Waals surface area contributed by atoms with Gasteiger partial charge in [-0.3, -0.25) is 0 Å². The van der Waals surface area contributed by atoms with Gasteiger partial charge in [0.2, 0.25) is 0 Å². The molecule has 152 valence electrons. The topological polar surface area (TPSA) is 45.1 Å². The maximum absolute atomic E-state index is 4.30. The molecule has 2 N–H and O–H groups in total. The van der Waals surface area contributed by atoms with Gasteiger partial charge in [-0.15, -0.1) is 24.8 Å². The first-order valence-corrected chi connectivity index (χ1v) is 9.51. The molecule has 1 fully saturated rings. The summed E-state index contributed by atoms with van der Waals surface area (Å²) in [7, 11) is 2.02. The van der Waals surface area contributed by atoms with Crippen molar-refractivity contribution in [3.63, 3.8) is 0 Å². The molecular weight excluding hydrogens is 381 g/mol. The zero-order valence-electron chi connectivity index (χ0n) is 16.4. The van der Waals surface area contributed by atoms with Crippen LogP contribution in [0.5, 0.6) is 0 Å². The third-order valence-electron chi connectivity index (χ3n) is 5.10. The van der Waals surface area contributed by atoms with Gasteiger partial charge in [-0.05, 0) is 77.0 Å². The van der Waals surface area contributed by atoms with E-state index in [9.17, 15) is 0 Å². The fourth-order valence-electron chi connectivity index (χ4n) is 3.55. The molecule has 5 nitrogen and oxygen atoms in total. The van der Waals surface area contributed by atoms with Gasteiger partial charge in [-0.25, -0.2) is 4.98 Å². The van der Waals surface area contributed by atoms with Crippen molar-refractivity contribution in [3.05, 3.63) is 42.5 Å². The van der Waals surface area contributed by atoms with Gasteiger partial charge in [0, 0.05) is 42.9 Å². The van der Waals surface area contributed by atoms with Crippen LogP contribution in [0.1, 0.15) is 31.5 Å². The Balaban J connectivity index is 0.00000182. The minimum absolute atomic E-state index is 0. The van der Waals surface area contributed by atoms with E-state index >= 15 is 0 Å². The lowest BCUT2D eigenvalue weighted by atomic mass is 10.0. The summed E-state index contributed by atoms with van der Waals surface area (Å²) < 4.78 is 2.12. The summed E-state index contributed by atoms with van der Waals surface area (Å²) in [5.74, 6) is 1.02. The summed E-state index contributed by atoms with van der Waals surface area (Å²) in [6, 6.07) is 9.53. The number of hydrogen-bond donors (Lipinski definition) is 2. The number of aromatic nitrogens is 2. The third-order valence-corrected chi connectivity index (χ3v) is 5.10. The molecule has 2 heterocycles. The number of aryl methyl sites for hydroxylation is 1. The second-order valence-electron chi connectivity index (χ2n) is 6.89. The molecule has 1 aliphatic heterocycles. The Morgan fingerprint density at radius 3 is 2.22 bits per heavy atom. The molecule has 0 atom stereocenters. The Kier molecular flexibility index (Phi) is 10.8. The van der Waals surface area contributed by atoms with Gasteiger partial charge < -0.3 is 20.1 Å². The summed E-state index contributed by atoms with van der Waals surface area (Å²) in [4.78, 5) is 6.80. The van der Waals surface area contributed by atoms with Crippen LogP contribution in [0.3, 0.4) is 0 Å². The van der Waals surface area contributed by atoms with Gasteiger partial charge in [-0.2, -0.15) is 0 Å². The lowest BCUT2D eigenvalue weighted by Gasteiger charge is -2.34. The molecule has 1 aliphatic rings. The van der Waals surface area contributed by atoms with E-state index in [1.54, 1.807) is 0 Å². The quantitative estimate of drug-likeness (QED) is 0.649. The smallest absolute Gasteiger partial charge is 0.110 e. The molecule has 1 aromatic carbocycles. The normalized spacial score (nSPS) is 14.5. The molecule has 0 unspecified atom stereocenters. The van der Waals surface area contributed by atoms with Gasteiger partial charge in [0.05, 0.1) is 0 Å². The summed E-state index contributed by atoms with van der Waals surface area (Å²) in [5.41, 5.74) is 2.51. The van der Waals surface area contributed by atoms with Crippen molar-refractivity contribution in [1.82, 2.24) is 20.2 Å². The van der Waals surface area contributed by atoms with Crippen molar-refractivity contribution in [2.75, 3.05) is 38.1 Å². The summed E-state index contributed by atoms with van der Waals surface area (Å²) in [5, 5.41) is 6.93. The lowest BCUT2D eigenvalue weighted by Crippen LogP contribution is -2.42. The number of hydrogen-bond acceptors (Lipinski definition) is 4. The maximum Gasteiger partial charge on any atom is 0.110 e. The van der Waals surface area contributed by atoms with Crippen molar-refractivity contribution >= 4 is 30.5 Å². The fourth-order valence-corrected chi connectivity index (χ4v) is 3.55. The summed E-state index contributed by atoms with van der Waals surface area (Å²) in [6.45, 7) is 6.57. The molecule has 27 heavy (non-hydrogen) atoms. The van der Waals surface area contributed by atoms with Crippen LogP contribution >= 0.6 is 24.8 Å². The first kappa shape index (κ1) is 23.8. The number of anilines is 1. The van der Waals surface area contributed by atoms with Gasteiger partial charge in [-0.1, -0.05) is 0 Å². The highest BCUT2D eigenvalue weighted by Gasteiger charge is 2.18. The zero-order chi connectivity index (χ0) is 17.5. The first-order chi connectivity index (χ1) is 12.3. The van der Waals surface area contributed by atoms with Crippen molar-refractivity contribution in [3.8, 4) is 5.69 Å². The van der Waals surface area contributed by atoms with Crippen LogP contribution in [0.4, 0.5) is 5.69 Å². The molecule has 0 spiro atoms. The molecule has 0 amide bonds. The Hall–Kier alpha value is -1.27. The molecule has 0 bridgehead atoms. The molecule has 3 rings (SSSR count). The Labute approximate surface area is 175 Å². The van der Waals surface area contributed by atoms with Crippen molar-refractivity contribution < 1.29 is 0 Å². The number of imidazole rings is 1. The SMILES string of the molecule is CNCCCCNC1CCN(c2ccc(-n3ccnc3C)cc2)CC1.Cl.Cl. The van der Waals surface area contributed by atoms with Crippen LogP contribution in [0, 0.1) is 6.92 Å². The van der Waals surface area contributed by atoms with Crippen LogP contribution < -0.4 is 15.5 Å². The van der Waals surface area contributed by atoms with Crippen LogP contribution in [0.15, 0.2) is 36.7 Å². The predicted molar refractivity (Wildman–Crippen MR) is 119 cm³/mol. The maximum atomic E-state index is 4.30. The third kappa shape index (κ3) is 6.68. The number of nitrogens with zero attached hydrogens (tertiary/aromatic N) is 3. The van der Waals surface area contributed by atoms with E-state index in [2.05, 4.69) is 49.4 Å². The first-order valence-electron chi connectivity index (χ1n) is 9.51. The van der Waals surface area contributed by atoms with Gasteiger partial charge in [0.1, 0.15) is 5.82 Å². The van der Waals surface area contributed by atoms with E-state index in [4.69, 9.17) is 0 Å². The molecule has 1 saturated heterocycles. The number of nitrogens with one attached hydrogen (secondary N) is 2. The fraction of sp³-hybridized carbons (Fsp3) is 0.550. The van der Waals surface area contributed by atoms with Crippen LogP contribution in [-0.4, -0.2) is 48.8 Å². The number of rotatable bonds is 8. The van der Waals surface area contributed by atoms with Crippen LogP contribution in [-0.2, 0) is 0 Å². The van der Waals surface area contributed by atoms with E-state index in [0.29, 0.717) is 6.04 Å². The Morgan fingerprint density at radius 1 is 1.00 bits per heavy atom. The highest BCUT2D eigenvalue weighted by atomic mass is 35.5. The van der Waals surface area contributed by atoms with Crippen LogP contribution in [0.25, 0.3) is 5.69 Å². The number of piperidine rings is 1. The van der Waals surface area contributed by atoms with Gasteiger partial charge in [0.15, 0.2) is 0 Å². The molecule has 1 aromatic heterocycles. The van der Waals surface area contributed by atoms with E-state index in [1.807, 2.05) is 26.4 Å². The van der Waals surface area contributed by atoms with Gasteiger partial charge in [0.25, 0.3) is 0 Å². The number of unbranched alkanes of at least 4 members (excludes halogenated alkanes) is 1. The Morgan fingerprint density at radius 2 is 1.63 bits per heavy atom. The lowest BCUT2D eigenvalue weighted by molar-refractivity contribution is 0.410. The van der Waals surface area contributed by atoms with Crippen molar-refractivity contribution in [2.24, 2.45) is 0 Å². The molecular formula is C20H33Cl2N5. The second-order valence-corrected chi connectivity index (χ2v) is 6.89. The monoisotopic (exact) mass is 413 g/mol. The largest absolute Gasteiger partial charge is 0.371 e. The van der Waals surface area contributed by atoms with Crippen LogP contribution in [0.2, 0.25) is 0 Å². The molecule has 2 aromatic rings. The summed E-state index contributed by atoms with van der Waals surface area (Å²) in [6.07, 6.45) is 8.84. The van der Waals surface area contributed by atoms with E-state index in [-0.39, 0.29) is 24.8 Å². The highest BCUT2D eigenvalue weighted by Crippen LogP contribution is 2.22. The second kappa shape index (κ2) is 12.2. The van der Waals surface area contributed by atoms with Crippen molar-refractivity contribution in [1.29, 1.82) is 0 Å². The molecule has 0 radical (unpaired) electrons. The average Bonchev–Trinajstić information content (AvgIpc) is 3.08. The molecule has 0 aliphatic carbocycles.